The van der Waals surface area contributed by atoms with Crippen LogP contribution in [0.5, 0.6) is 0 Å². The van der Waals surface area contributed by atoms with Gasteiger partial charge in [0.15, 0.2) is 0 Å². The normalized spacial score (nSPS) is 14.4. The molecule has 102 valence electrons. The predicted octanol–water partition coefficient (Wildman–Crippen LogP) is 4.13. The third-order valence-electron chi connectivity index (χ3n) is 3.05. The van der Waals surface area contributed by atoms with Crippen molar-refractivity contribution in [2.45, 2.75) is 39.9 Å². The maximum absolute atomic E-state index is 12.5. The second-order valence-corrected chi connectivity index (χ2v) is 5.53. The summed E-state index contributed by atoms with van der Waals surface area (Å²) in [5.41, 5.74) is 5.56. The first-order valence-electron chi connectivity index (χ1n) is 5.75. The van der Waals surface area contributed by atoms with Crippen LogP contribution in [0, 0.1) is 5.41 Å². The van der Waals surface area contributed by atoms with E-state index in [2.05, 4.69) is 5.32 Å². The fourth-order valence-electron chi connectivity index (χ4n) is 1.32. The fourth-order valence-corrected chi connectivity index (χ4v) is 1.32. The van der Waals surface area contributed by atoms with Crippen LogP contribution in [0.25, 0.3) is 0 Å². The highest BCUT2D eigenvalue weighted by Crippen LogP contribution is 2.33. The average Bonchev–Trinajstić information content (AvgIpc) is 2.17. The van der Waals surface area contributed by atoms with Gasteiger partial charge in [-0.25, -0.2) is 0 Å². The van der Waals surface area contributed by atoms with Gasteiger partial charge in [-0.05, 0) is 30.5 Å². The molecule has 0 fully saturated rings. The van der Waals surface area contributed by atoms with Crippen LogP contribution in [0.1, 0.15) is 33.3 Å². The van der Waals surface area contributed by atoms with Gasteiger partial charge in [0.2, 0.25) is 0 Å². The molecule has 0 aromatic heterocycles. The summed E-state index contributed by atoms with van der Waals surface area (Å²) in [6, 6.07) is 3.46. The Morgan fingerprint density at radius 1 is 1.17 bits per heavy atom. The Morgan fingerprint density at radius 2 is 1.72 bits per heavy atom. The molecule has 1 unspecified atom stereocenters. The van der Waals surface area contributed by atoms with Crippen LogP contribution in [0.3, 0.4) is 0 Å². The van der Waals surface area contributed by atoms with E-state index in [1.165, 1.54) is 6.07 Å². The van der Waals surface area contributed by atoms with Crippen molar-refractivity contribution in [3.05, 3.63) is 23.8 Å². The van der Waals surface area contributed by atoms with Gasteiger partial charge in [-0.1, -0.05) is 20.8 Å². The van der Waals surface area contributed by atoms with Crippen LogP contribution in [0.15, 0.2) is 18.2 Å². The van der Waals surface area contributed by atoms with Gasteiger partial charge in [-0.2, -0.15) is 13.2 Å². The summed E-state index contributed by atoms with van der Waals surface area (Å²) in [7, 11) is 0. The van der Waals surface area contributed by atoms with E-state index < -0.39 is 11.7 Å². The molecular weight excluding hydrogens is 241 g/mol. The smallest absolute Gasteiger partial charge is 0.397 e. The topological polar surface area (TPSA) is 38.0 Å². The molecule has 0 spiro atoms. The van der Waals surface area contributed by atoms with E-state index in [0.717, 1.165) is 12.1 Å². The molecule has 0 saturated carbocycles. The van der Waals surface area contributed by atoms with Crippen molar-refractivity contribution in [1.82, 2.24) is 0 Å². The Balaban J connectivity index is 2.94. The molecule has 0 heterocycles. The first kappa shape index (κ1) is 14.7. The number of hydrogen-bond acceptors (Lipinski definition) is 2. The van der Waals surface area contributed by atoms with Crippen molar-refractivity contribution in [2.75, 3.05) is 11.1 Å². The van der Waals surface area contributed by atoms with Crippen molar-refractivity contribution >= 4 is 11.4 Å². The van der Waals surface area contributed by atoms with Gasteiger partial charge >= 0.3 is 6.18 Å². The zero-order valence-electron chi connectivity index (χ0n) is 11.0. The molecule has 0 aliphatic carbocycles. The highest BCUT2D eigenvalue weighted by atomic mass is 19.4. The lowest BCUT2D eigenvalue weighted by molar-refractivity contribution is -0.137. The van der Waals surface area contributed by atoms with Crippen molar-refractivity contribution in [3.63, 3.8) is 0 Å². The standard InChI is InChI=1S/C13H19F3N2/c1-8(12(2,3)4)18-11-6-5-9(7-10(11)17)13(14,15)16/h5-8,18H,17H2,1-4H3. The summed E-state index contributed by atoms with van der Waals surface area (Å²) in [5.74, 6) is 0. The van der Waals surface area contributed by atoms with E-state index in [1.807, 2.05) is 27.7 Å². The minimum absolute atomic E-state index is 0.00482. The van der Waals surface area contributed by atoms with Gasteiger partial charge < -0.3 is 11.1 Å². The average molecular weight is 260 g/mol. The molecule has 1 aromatic carbocycles. The molecule has 0 aliphatic rings. The number of benzene rings is 1. The van der Waals surface area contributed by atoms with E-state index in [4.69, 9.17) is 5.73 Å². The highest BCUT2D eigenvalue weighted by Gasteiger charge is 2.31. The number of rotatable bonds is 2. The number of alkyl halides is 3. The second kappa shape index (κ2) is 4.71. The first-order valence-corrected chi connectivity index (χ1v) is 5.75. The molecule has 0 saturated heterocycles. The number of anilines is 2. The van der Waals surface area contributed by atoms with Crippen molar-refractivity contribution in [3.8, 4) is 0 Å². The third kappa shape index (κ3) is 3.55. The van der Waals surface area contributed by atoms with Gasteiger partial charge in [0, 0.05) is 6.04 Å². The molecule has 5 heteroatoms. The van der Waals surface area contributed by atoms with Crippen LogP contribution < -0.4 is 11.1 Å². The van der Waals surface area contributed by atoms with E-state index in [-0.39, 0.29) is 17.1 Å². The zero-order chi connectivity index (χ0) is 14.1. The minimum atomic E-state index is -4.36. The molecule has 3 N–H and O–H groups in total. The van der Waals surface area contributed by atoms with E-state index in [0.29, 0.717) is 5.69 Å². The van der Waals surface area contributed by atoms with Crippen molar-refractivity contribution in [2.24, 2.45) is 5.41 Å². The van der Waals surface area contributed by atoms with E-state index >= 15 is 0 Å². The van der Waals surface area contributed by atoms with Crippen molar-refractivity contribution < 1.29 is 13.2 Å². The lowest BCUT2D eigenvalue weighted by Crippen LogP contribution is -2.31. The van der Waals surface area contributed by atoms with Gasteiger partial charge in [0.1, 0.15) is 0 Å². The summed E-state index contributed by atoms with van der Waals surface area (Å²) in [4.78, 5) is 0. The van der Waals surface area contributed by atoms with E-state index in [1.54, 1.807) is 0 Å². The maximum Gasteiger partial charge on any atom is 0.416 e. The quantitative estimate of drug-likeness (QED) is 0.784. The second-order valence-electron chi connectivity index (χ2n) is 5.53. The first-order chi connectivity index (χ1) is 8.01. The SMILES string of the molecule is CC(Nc1ccc(C(F)(F)F)cc1N)C(C)(C)C. The molecule has 18 heavy (non-hydrogen) atoms. The molecule has 0 radical (unpaired) electrons. The molecule has 2 nitrogen and oxygen atoms in total. The molecule has 0 amide bonds. The Labute approximate surface area is 105 Å². The number of nitrogens with one attached hydrogen (secondary N) is 1. The molecule has 1 aromatic rings. The fraction of sp³-hybridized carbons (Fsp3) is 0.538. The number of nitrogen functional groups attached to an aromatic ring is 1. The largest absolute Gasteiger partial charge is 0.416 e. The van der Waals surface area contributed by atoms with Crippen LogP contribution in [-0.4, -0.2) is 6.04 Å². The number of nitrogens with two attached hydrogens (primary N) is 1. The summed E-state index contributed by atoms with van der Waals surface area (Å²) in [6.07, 6.45) is -4.36. The summed E-state index contributed by atoms with van der Waals surface area (Å²) in [6.45, 7) is 8.11. The van der Waals surface area contributed by atoms with E-state index in [9.17, 15) is 13.2 Å². The van der Waals surface area contributed by atoms with Gasteiger partial charge in [0.25, 0.3) is 0 Å². The lowest BCUT2D eigenvalue weighted by atomic mass is 9.88. The molecular formula is C13H19F3N2. The lowest BCUT2D eigenvalue weighted by Gasteiger charge is -2.29. The zero-order valence-corrected chi connectivity index (χ0v) is 11.0. The Morgan fingerprint density at radius 3 is 2.11 bits per heavy atom. The molecule has 1 rings (SSSR count). The Hall–Kier alpha value is -1.39. The van der Waals surface area contributed by atoms with Gasteiger partial charge in [0.05, 0.1) is 16.9 Å². The molecule has 1 atom stereocenters. The monoisotopic (exact) mass is 260 g/mol. The maximum atomic E-state index is 12.5. The molecule has 0 aliphatic heterocycles. The van der Waals surface area contributed by atoms with Crippen LogP contribution >= 0.6 is 0 Å². The Bertz CT molecular complexity index is 419. The van der Waals surface area contributed by atoms with Crippen molar-refractivity contribution in [1.29, 1.82) is 0 Å². The van der Waals surface area contributed by atoms with Crippen LogP contribution in [0.4, 0.5) is 24.5 Å². The predicted molar refractivity (Wildman–Crippen MR) is 68.4 cm³/mol. The third-order valence-corrected chi connectivity index (χ3v) is 3.05. The van der Waals surface area contributed by atoms with Crippen LogP contribution in [0.2, 0.25) is 0 Å². The Kier molecular flexibility index (Phi) is 3.84. The van der Waals surface area contributed by atoms with Crippen LogP contribution in [-0.2, 0) is 6.18 Å². The number of hydrogen-bond donors (Lipinski definition) is 2. The molecule has 0 bridgehead atoms. The highest BCUT2D eigenvalue weighted by molar-refractivity contribution is 5.67. The van der Waals surface area contributed by atoms with Gasteiger partial charge in [-0.15, -0.1) is 0 Å². The minimum Gasteiger partial charge on any atom is -0.397 e. The summed E-state index contributed by atoms with van der Waals surface area (Å²) >= 11 is 0. The summed E-state index contributed by atoms with van der Waals surface area (Å²) < 4.78 is 37.4. The van der Waals surface area contributed by atoms with Gasteiger partial charge in [-0.3, -0.25) is 0 Å². The summed E-state index contributed by atoms with van der Waals surface area (Å²) in [5, 5.41) is 3.14. The number of halogens is 3.